The monoisotopic (exact) mass is 203 g/mol. The topological polar surface area (TPSA) is 76.0 Å². The molecule has 1 aromatic carbocycles. The Bertz CT molecular complexity index is 357. The molecule has 0 fully saturated rings. The summed E-state index contributed by atoms with van der Waals surface area (Å²) in [6, 6.07) is 10.8. The molecule has 0 radical (unpaired) electrons. The zero-order chi connectivity index (χ0) is 11.1. The molecule has 0 aliphatic rings. The van der Waals surface area contributed by atoms with Crippen LogP contribution in [0.5, 0.6) is 0 Å². The molecule has 0 saturated heterocycles. The molecule has 0 saturated carbocycles. The molecule has 78 valence electrons. The summed E-state index contributed by atoms with van der Waals surface area (Å²) >= 11 is 0. The highest BCUT2D eigenvalue weighted by Crippen LogP contribution is 2.04. The highest BCUT2D eigenvalue weighted by Gasteiger charge is 2.05. The first-order valence-corrected chi connectivity index (χ1v) is 4.63. The SMILES string of the molecule is N#CC(CCc1ccccc1)NC(=O)[O-]. The zero-order valence-electron chi connectivity index (χ0n) is 8.14. The second-order valence-electron chi connectivity index (χ2n) is 3.14. The Morgan fingerprint density at radius 2 is 2.13 bits per heavy atom. The van der Waals surface area contributed by atoms with Gasteiger partial charge in [0.1, 0.15) is 12.1 Å². The molecule has 4 nitrogen and oxygen atoms in total. The fourth-order valence-electron chi connectivity index (χ4n) is 1.27. The van der Waals surface area contributed by atoms with Gasteiger partial charge in [-0.2, -0.15) is 5.26 Å². The van der Waals surface area contributed by atoms with Crippen LogP contribution in [0.3, 0.4) is 0 Å². The van der Waals surface area contributed by atoms with Crippen LogP contribution < -0.4 is 10.4 Å². The van der Waals surface area contributed by atoms with Crippen molar-refractivity contribution in [1.82, 2.24) is 5.32 Å². The van der Waals surface area contributed by atoms with Crippen LogP contribution in [0.25, 0.3) is 0 Å². The molecule has 0 aliphatic carbocycles. The van der Waals surface area contributed by atoms with Crippen molar-refractivity contribution in [2.75, 3.05) is 0 Å². The maximum absolute atomic E-state index is 10.2. The molecular weight excluding hydrogens is 192 g/mol. The molecule has 0 aliphatic heterocycles. The van der Waals surface area contributed by atoms with Crippen molar-refractivity contribution >= 4 is 6.09 Å². The van der Waals surface area contributed by atoms with Gasteiger partial charge in [-0.1, -0.05) is 30.3 Å². The summed E-state index contributed by atoms with van der Waals surface area (Å²) in [7, 11) is 0. The van der Waals surface area contributed by atoms with Crippen molar-refractivity contribution in [3.63, 3.8) is 0 Å². The number of nitrogens with zero attached hydrogens (tertiary/aromatic N) is 1. The Labute approximate surface area is 88.2 Å². The number of carbonyl (C=O) groups is 1. The van der Waals surface area contributed by atoms with Crippen molar-refractivity contribution in [1.29, 1.82) is 5.26 Å². The van der Waals surface area contributed by atoms with Gasteiger partial charge in [-0.05, 0) is 18.4 Å². The molecule has 1 rings (SSSR count). The van der Waals surface area contributed by atoms with E-state index in [1.165, 1.54) is 0 Å². The lowest BCUT2D eigenvalue weighted by atomic mass is 10.1. The minimum Gasteiger partial charge on any atom is -0.530 e. The number of nitrogens with one attached hydrogen (secondary N) is 1. The molecular formula is C11H11N2O2-. The summed E-state index contributed by atoms with van der Waals surface area (Å²) < 4.78 is 0. The van der Waals surface area contributed by atoms with Gasteiger partial charge in [-0.15, -0.1) is 0 Å². The van der Waals surface area contributed by atoms with E-state index in [1.807, 2.05) is 41.7 Å². The van der Waals surface area contributed by atoms with E-state index in [2.05, 4.69) is 0 Å². The third kappa shape index (κ3) is 4.14. The first-order chi connectivity index (χ1) is 7.22. The lowest BCUT2D eigenvalue weighted by molar-refractivity contribution is -0.251. The predicted octanol–water partition coefficient (Wildman–Crippen LogP) is 0.444. The molecule has 0 aromatic heterocycles. The zero-order valence-corrected chi connectivity index (χ0v) is 8.14. The number of hydrogen-bond donors (Lipinski definition) is 1. The van der Waals surface area contributed by atoms with Crippen molar-refractivity contribution in [3.8, 4) is 6.07 Å². The standard InChI is InChI=1S/C11H12N2O2/c12-8-10(13-11(14)15)7-6-9-4-2-1-3-5-9/h1-5,10,13H,6-7H2,(H,14,15)/p-1. The van der Waals surface area contributed by atoms with Gasteiger partial charge in [0.15, 0.2) is 0 Å². The predicted molar refractivity (Wildman–Crippen MR) is 52.7 cm³/mol. The van der Waals surface area contributed by atoms with Gasteiger partial charge < -0.3 is 15.2 Å². The third-order valence-corrected chi connectivity index (χ3v) is 2.01. The fraction of sp³-hybridized carbons (Fsp3) is 0.273. The Balaban J connectivity index is 2.42. The van der Waals surface area contributed by atoms with Gasteiger partial charge >= 0.3 is 0 Å². The van der Waals surface area contributed by atoms with E-state index in [-0.39, 0.29) is 0 Å². The number of rotatable bonds is 4. The maximum Gasteiger partial charge on any atom is 0.135 e. The minimum absolute atomic E-state index is 0.453. The Kier molecular flexibility index (Phi) is 4.17. The van der Waals surface area contributed by atoms with E-state index in [9.17, 15) is 9.90 Å². The summed E-state index contributed by atoms with van der Waals surface area (Å²) in [5.74, 6) is 0. The number of nitriles is 1. The summed E-state index contributed by atoms with van der Waals surface area (Å²) in [6.07, 6.45) is -0.289. The molecule has 0 spiro atoms. The molecule has 15 heavy (non-hydrogen) atoms. The van der Waals surface area contributed by atoms with E-state index in [0.717, 1.165) is 5.56 Å². The van der Waals surface area contributed by atoms with E-state index in [1.54, 1.807) is 0 Å². The summed E-state index contributed by atoms with van der Waals surface area (Å²) in [6.45, 7) is 0. The van der Waals surface area contributed by atoms with Crippen LogP contribution in [-0.4, -0.2) is 12.1 Å². The number of benzene rings is 1. The second kappa shape index (κ2) is 5.66. The lowest BCUT2D eigenvalue weighted by Crippen LogP contribution is -2.42. The molecule has 0 bridgehead atoms. The molecule has 1 unspecified atom stereocenters. The van der Waals surface area contributed by atoms with Gasteiger partial charge in [0, 0.05) is 0 Å². The largest absolute Gasteiger partial charge is 0.530 e. The van der Waals surface area contributed by atoms with E-state index in [4.69, 9.17) is 5.26 Å². The van der Waals surface area contributed by atoms with E-state index >= 15 is 0 Å². The van der Waals surface area contributed by atoms with Crippen LogP contribution in [0.2, 0.25) is 0 Å². The quantitative estimate of drug-likeness (QED) is 0.771. The fourth-order valence-corrected chi connectivity index (χ4v) is 1.27. The van der Waals surface area contributed by atoms with Gasteiger partial charge in [-0.25, -0.2) is 0 Å². The summed E-state index contributed by atoms with van der Waals surface area (Å²) in [5, 5.41) is 20.9. The Hall–Kier alpha value is -2.02. The first-order valence-electron chi connectivity index (χ1n) is 4.63. The first kappa shape index (κ1) is 11.1. The van der Waals surface area contributed by atoms with E-state index in [0.29, 0.717) is 12.8 Å². The lowest BCUT2D eigenvalue weighted by Gasteiger charge is -2.12. The molecule has 1 atom stereocenters. The summed E-state index contributed by atoms with van der Waals surface area (Å²) in [4.78, 5) is 10.2. The van der Waals surface area contributed by atoms with Crippen LogP contribution in [0.1, 0.15) is 12.0 Å². The third-order valence-electron chi connectivity index (χ3n) is 2.01. The summed E-state index contributed by atoms with van der Waals surface area (Å²) in [5.41, 5.74) is 1.08. The highest BCUT2D eigenvalue weighted by molar-refractivity contribution is 5.62. The van der Waals surface area contributed by atoms with Crippen molar-refractivity contribution in [2.24, 2.45) is 0 Å². The van der Waals surface area contributed by atoms with Crippen molar-refractivity contribution in [3.05, 3.63) is 35.9 Å². The normalized spacial score (nSPS) is 11.4. The molecule has 1 amide bonds. The highest BCUT2D eigenvalue weighted by atomic mass is 16.4. The number of amides is 1. The average molecular weight is 203 g/mol. The van der Waals surface area contributed by atoms with Gasteiger partial charge in [-0.3, -0.25) is 0 Å². The smallest absolute Gasteiger partial charge is 0.135 e. The van der Waals surface area contributed by atoms with Crippen molar-refractivity contribution < 1.29 is 9.90 Å². The second-order valence-corrected chi connectivity index (χ2v) is 3.14. The molecule has 4 heteroatoms. The molecule has 1 N–H and O–H groups in total. The number of hydrogen-bond acceptors (Lipinski definition) is 3. The van der Waals surface area contributed by atoms with Crippen molar-refractivity contribution in [2.45, 2.75) is 18.9 Å². The van der Waals surface area contributed by atoms with Crippen LogP contribution in [0.4, 0.5) is 4.79 Å². The molecule has 1 aromatic rings. The Morgan fingerprint density at radius 1 is 1.47 bits per heavy atom. The molecule has 0 heterocycles. The number of aryl methyl sites for hydroxylation is 1. The Morgan fingerprint density at radius 3 is 2.67 bits per heavy atom. The van der Waals surface area contributed by atoms with Crippen LogP contribution in [0, 0.1) is 11.3 Å². The van der Waals surface area contributed by atoms with Gasteiger partial charge in [0.25, 0.3) is 0 Å². The minimum atomic E-state index is -1.41. The average Bonchev–Trinajstić information content (AvgIpc) is 2.25. The van der Waals surface area contributed by atoms with Gasteiger partial charge in [0.05, 0.1) is 6.07 Å². The maximum atomic E-state index is 10.2. The van der Waals surface area contributed by atoms with Crippen LogP contribution >= 0.6 is 0 Å². The van der Waals surface area contributed by atoms with Crippen LogP contribution in [0.15, 0.2) is 30.3 Å². The number of carboxylic acid groups (broad SMARTS) is 1. The number of carbonyl (C=O) groups excluding carboxylic acids is 1. The van der Waals surface area contributed by atoms with Gasteiger partial charge in [0.2, 0.25) is 0 Å². The van der Waals surface area contributed by atoms with E-state index < -0.39 is 12.1 Å². The van der Waals surface area contributed by atoms with Crippen LogP contribution in [-0.2, 0) is 6.42 Å².